The van der Waals surface area contributed by atoms with Gasteiger partial charge in [-0.2, -0.15) is 0 Å². The Morgan fingerprint density at radius 2 is 1.59 bits per heavy atom. The molecule has 17 heavy (non-hydrogen) atoms. The van der Waals surface area contributed by atoms with Gasteiger partial charge in [-0.1, -0.05) is 11.6 Å². The molecular formula is C10H19ClO6. The van der Waals surface area contributed by atoms with Gasteiger partial charge in [0.1, 0.15) is 6.61 Å². The van der Waals surface area contributed by atoms with Gasteiger partial charge in [-0.3, -0.25) is 0 Å². The first-order chi connectivity index (χ1) is 8.16. The van der Waals surface area contributed by atoms with Crippen LogP contribution in [0, 0.1) is 0 Å². The summed E-state index contributed by atoms with van der Waals surface area (Å²) in [4.78, 5) is 10.8. The number of carbonyl (C=O) groups is 1. The van der Waals surface area contributed by atoms with E-state index >= 15 is 0 Å². The molecule has 0 heterocycles. The summed E-state index contributed by atoms with van der Waals surface area (Å²) in [6, 6.07) is 0. The van der Waals surface area contributed by atoms with Gasteiger partial charge in [-0.15, -0.1) is 0 Å². The van der Waals surface area contributed by atoms with Crippen LogP contribution in [0.4, 0.5) is 4.79 Å². The van der Waals surface area contributed by atoms with Gasteiger partial charge >= 0.3 is 6.16 Å². The zero-order chi connectivity index (χ0) is 12.9. The molecule has 0 aliphatic carbocycles. The highest BCUT2D eigenvalue weighted by atomic mass is 35.5. The normalized spacial score (nSPS) is 12.2. The highest BCUT2D eigenvalue weighted by molar-refractivity contribution is 6.19. The SMILES string of the molecule is COCCOCCOCCOC(=O)OC(C)Cl. The van der Waals surface area contributed by atoms with Crippen molar-refractivity contribution in [1.29, 1.82) is 0 Å². The van der Waals surface area contributed by atoms with Crippen molar-refractivity contribution in [2.45, 2.75) is 12.5 Å². The van der Waals surface area contributed by atoms with Gasteiger partial charge in [0.15, 0.2) is 5.56 Å². The Hall–Kier alpha value is -0.560. The number of hydrogen-bond acceptors (Lipinski definition) is 6. The molecule has 102 valence electrons. The molecule has 0 fully saturated rings. The molecular weight excluding hydrogens is 252 g/mol. The van der Waals surface area contributed by atoms with Crippen LogP contribution in [0.15, 0.2) is 0 Å². The van der Waals surface area contributed by atoms with Gasteiger partial charge in [0, 0.05) is 7.11 Å². The molecule has 0 bridgehead atoms. The fourth-order valence-corrected chi connectivity index (χ4v) is 0.888. The lowest BCUT2D eigenvalue weighted by Gasteiger charge is -2.08. The third kappa shape index (κ3) is 13.4. The smallest absolute Gasteiger partial charge is 0.432 e. The standard InChI is InChI=1S/C10H19ClO6/c1-9(11)17-10(12)16-8-7-15-6-5-14-4-3-13-2/h9H,3-8H2,1-2H3. The highest BCUT2D eigenvalue weighted by Crippen LogP contribution is 1.98. The van der Waals surface area contributed by atoms with Gasteiger partial charge in [0.25, 0.3) is 0 Å². The maximum absolute atomic E-state index is 10.8. The zero-order valence-corrected chi connectivity index (χ0v) is 10.9. The summed E-state index contributed by atoms with van der Waals surface area (Å²) in [6.07, 6.45) is -0.799. The monoisotopic (exact) mass is 270 g/mol. The molecule has 0 saturated heterocycles. The second-order valence-corrected chi connectivity index (χ2v) is 3.59. The van der Waals surface area contributed by atoms with Crippen molar-refractivity contribution in [3.8, 4) is 0 Å². The predicted octanol–water partition coefficient (Wildman–Crippen LogP) is 1.40. The molecule has 0 aromatic carbocycles. The van der Waals surface area contributed by atoms with Crippen LogP contribution >= 0.6 is 11.6 Å². The lowest BCUT2D eigenvalue weighted by molar-refractivity contribution is -0.000222. The van der Waals surface area contributed by atoms with Crippen molar-refractivity contribution in [1.82, 2.24) is 0 Å². The average molecular weight is 271 g/mol. The lowest BCUT2D eigenvalue weighted by Crippen LogP contribution is -2.16. The predicted molar refractivity (Wildman–Crippen MR) is 61.3 cm³/mol. The summed E-state index contributed by atoms with van der Waals surface area (Å²) >= 11 is 5.41. The van der Waals surface area contributed by atoms with E-state index in [1.54, 1.807) is 7.11 Å². The molecule has 0 aromatic rings. The maximum atomic E-state index is 10.8. The summed E-state index contributed by atoms with van der Waals surface area (Å²) in [5, 5.41) is 0. The van der Waals surface area contributed by atoms with Crippen LogP contribution < -0.4 is 0 Å². The summed E-state index contributed by atoms with van der Waals surface area (Å²) in [5.41, 5.74) is -0.697. The van der Waals surface area contributed by atoms with Crippen LogP contribution in [0.25, 0.3) is 0 Å². The summed E-state index contributed by atoms with van der Waals surface area (Å²) in [6.45, 7) is 3.96. The van der Waals surface area contributed by atoms with Crippen molar-refractivity contribution in [3.05, 3.63) is 0 Å². The van der Waals surface area contributed by atoms with Crippen LogP contribution in [0.1, 0.15) is 6.92 Å². The van der Waals surface area contributed by atoms with Crippen molar-refractivity contribution in [2.75, 3.05) is 46.8 Å². The van der Waals surface area contributed by atoms with E-state index in [0.29, 0.717) is 33.0 Å². The Morgan fingerprint density at radius 1 is 1.06 bits per heavy atom. The van der Waals surface area contributed by atoms with Crippen molar-refractivity contribution in [3.63, 3.8) is 0 Å². The molecule has 7 heteroatoms. The number of carbonyl (C=O) groups excluding carboxylic acids is 1. The first kappa shape index (κ1) is 16.4. The van der Waals surface area contributed by atoms with Gasteiger partial charge in [0.05, 0.1) is 33.0 Å². The van der Waals surface area contributed by atoms with E-state index in [-0.39, 0.29) is 6.61 Å². The number of rotatable bonds is 10. The molecule has 6 nitrogen and oxygen atoms in total. The van der Waals surface area contributed by atoms with Crippen LogP contribution in [0.3, 0.4) is 0 Å². The van der Waals surface area contributed by atoms with Gasteiger partial charge in [0.2, 0.25) is 0 Å². The maximum Gasteiger partial charge on any atom is 0.509 e. The fourth-order valence-electron chi connectivity index (χ4n) is 0.815. The Morgan fingerprint density at radius 3 is 2.12 bits per heavy atom. The molecule has 0 amide bonds. The Kier molecular flexibility index (Phi) is 11.5. The number of alkyl halides is 1. The molecule has 0 N–H and O–H groups in total. The van der Waals surface area contributed by atoms with Crippen molar-refractivity contribution < 1.29 is 28.5 Å². The molecule has 0 spiro atoms. The van der Waals surface area contributed by atoms with Gasteiger partial charge in [-0.25, -0.2) is 4.79 Å². The Balaban J connectivity index is 3.10. The molecule has 0 aliphatic heterocycles. The van der Waals surface area contributed by atoms with Gasteiger partial charge < -0.3 is 23.7 Å². The van der Waals surface area contributed by atoms with E-state index in [9.17, 15) is 4.79 Å². The van der Waals surface area contributed by atoms with E-state index in [4.69, 9.17) is 25.8 Å². The van der Waals surface area contributed by atoms with E-state index in [0.717, 1.165) is 0 Å². The second-order valence-electron chi connectivity index (χ2n) is 2.98. The minimum Gasteiger partial charge on any atom is -0.432 e. The Labute approximate surface area is 106 Å². The zero-order valence-electron chi connectivity index (χ0n) is 10.1. The second kappa shape index (κ2) is 11.9. The third-order valence-electron chi connectivity index (χ3n) is 1.51. The first-order valence-electron chi connectivity index (χ1n) is 5.28. The van der Waals surface area contributed by atoms with Gasteiger partial charge in [-0.05, 0) is 6.92 Å². The summed E-state index contributed by atoms with van der Waals surface area (Å²) < 4.78 is 24.3. The van der Waals surface area contributed by atoms with Crippen molar-refractivity contribution >= 4 is 17.8 Å². The van der Waals surface area contributed by atoms with Crippen LogP contribution in [-0.2, 0) is 23.7 Å². The molecule has 0 rings (SSSR count). The Bertz CT molecular complexity index is 188. The quantitative estimate of drug-likeness (QED) is 0.340. The highest BCUT2D eigenvalue weighted by Gasteiger charge is 2.06. The van der Waals surface area contributed by atoms with Crippen LogP contribution in [-0.4, -0.2) is 58.5 Å². The van der Waals surface area contributed by atoms with Crippen LogP contribution in [0.2, 0.25) is 0 Å². The molecule has 0 aromatic heterocycles. The third-order valence-corrected chi connectivity index (χ3v) is 1.60. The molecule has 0 radical (unpaired) electrons. The number of hydrogen-bond donors (Lipinski definition) is 0. The minimum absolute atomic E-state index is 0.126. The molecule has 1 unspecified atom stereocenters. The summed E-state index contributed by atoms with van der Waals surface area (Å²) in [5.74, 6) is 0. The first-order valence-corrected chi connectivity index (χ1v) is 5.72. The molecule has 0 saturated carbocycles. The number of methoxy groups -OCH3 is 1. The largest absolute Gasteiger partial charge is 0.509 e. The lowest BCUT2D eigenvalue weighted by atomic mass is 10.7. The van der Waals surface area contributed by atoms with Crippen LogP contribution in [0.5, 0.6) is 0 Å². The number of halogens is 1. The average Bonchev–Trinajstić information content (AvgIpc) is 2.26. The molecule has 0 aliphatic rings. The van der Waals surface area contributed by atoms with E-state index in [1.807, 2.05) is 0 Å². The van der Waals surface area contributed by atoms with E-state index in [2.05, 4.69) is 9.47 Å². The molecule has 1 atom stereocenters. The van der Waals surface area contributed by atoms with Crippen molar-refractivity contribution in [2.24, 2.45) is 0 Å². The van der Waals surface area contributed by atoms with E-state index < -0.39 is 11.7 Å². The number of ether oxygens (including phenoxy) is 5. The minimum atomic E-state index is -0.799. The topological polar surface area (TPSA) is 63.2 Å². The fraction of sp³-hybridized carbons (Fsp3) is 0.900. The summed E-state index contributed by atoms with van der Waals surface area (Å²) in [7, 11) is 1.61. The van der Waals surface area contributed by atoms with E-state index in [1.165, 1.54) is 6.92 Å².